The molecule has 0 bridgehead atoms. The van der Waals surface area contributed by atoms with E-state index in [0.717, 1.165) is 31.5 Å². The van der Waals surface area contributed by atoms with Crippen LogP contribution in [0.3, 0.4) is 0 Å². The third-order valence-electron chi connectivity index (χ3n) is 4.33. The first kappa shape index (κ1) is 15.4. The number of piperidine rings is 1. The standard InChI is InChI=1S/C15H21N3O3/c1-15(16-2)7-9-17(10-8-15)14(19)11-12-3-5-13(6-4-12)18(20)21/h3-6,16H,7-11H2,1-2H3. The van der Waals surface area contributed by atoms with Gasteiger partial charge in [0.05, 0.1) is 11.3 Å². The molecular formula is C15H21N3O3. The Labute approximate surface area is 124 Å². The van der Waals surface area contributed by atoms with Crippen molar-refractivity contribution in [3.8, 4) is 0 Å². The molecular weight excluding hydrogens is 270 g/mol. The summed E-state index contributed by atoms with van der Waals surface area (Å²) in [6.45, 7) is 3.68. The number of carbonyl (C=O) groups excluding carboxylic acids is 1. The summed E-state index contributed by atoms with van der Waals surface area (Å²) < 4.78 is 0. The highest BCUT2D eigenvalue weighted by Gasteiger charge is 2.30. The number of carbonyl (C=O) groups is 1. The summed E-state index contributed by atoms with van der Waals surface area (Å²) in [6, 6.07) is 6.18. The summed E-state index contributed by atoms with van der Waals surface area (Å²) in [5.74, 6) is 0.0852. The number of non-ortho nitro benzene ring substituents is 1. The maximum absolute atomic E-state index is 12.3. The second-order valence-corrected chi connectivity index (χ2v) is 5.79. The summed E-state index contributed by atoms with van der Waals surface area (Å²) in [6.07, 6.45) is 2.18. The van der Waals surface area contributed by atoms with Crippen LogP contribution in [0.25, 0.3) is 0 Å². The Bertz CT molecular complexity index is 519. The number of rotatable bonds is 4. The number of benzene rings is 1. The average Bonchev–Trinajstić information content (AvgIpc) is 2.48. The summed E-state index contributed by atoms with van der Waals surface area (Å²) in [7, 11) is 1.95. The Morgan fingerprint density at radius 1 is 1.33 bits per heavy atom. The molecule has 0 aromatic heterocycles. The van der Waals surface area contributed by atoms with Gasteiger partial charge in [-0.05, 0) is 32.4 Å². The molecule has 0 saturated carbocycles. The van der Waals surface area contributed by atoms with E-state index < -0.39 is 4.92 Å². The summed E-state index contributed by atoms with van der Waals surface area (Å²) in [4.78, 5) is 24.3. The van der Waals surface area contributed by atoms with Crippen LogP contribution in [-0.4, -0.2) is 41.4 Å². The Morgan fingerprint density at radius 3 is 2.38 bits per heavy atom. The number of likely N-dealkylation sites (tertiary alicyclic amines) is 1. The van der Waals surface area contributed by atoms with E-state index in [1.54, 1.807) is 12.1 Å². The normalized spacial score (nSPS) is 17.5. The maximum Gasteiger partial charge on any atom is 0.269 e. The van der Waals surface area contributed by atoms with Crippen molar-refractivity contribution in [3.05, 3.63) is 39.9 Å². The van der Waals surface area contributed by atoms with E-state index in [4.69, 9.17) is 0 Å². The third kappa shape index (κ3) is 3.78. The van der Waals surface area contributed by atoms with Gasteiger partial charge in [-0.25, -0.2) is 0 Å². The van der Waals surface area contributed by atoms with Gasteiger partial charge in [0, 0.05) is 30.8 Å². The molecule has 1 N–H and O–H groups in total. The molecule has 1 heterocycles. The third-order valence-corrected chi connectivity index (χ3v) is 4.33. The van der Waals surface area contributed by atoms with Crippen molar-refractivity contribution in [2.24, 2.45) is 0 Å². The summed E-state index contributed by atoms with van der Waals surface area (Å²) in [5, 5.41) is 13.9. The minimum Gasteiger partial charge on any atom is -0.342 e. The number of hydrogen-bond acceptors (Lipinski definition) is 4. The lowest BCUT2D eigenvalue weighted by molar-refractivity contribution is -0.384. The van der Waals surface area contributed by atoms with Gasteiger partial charge >= 0.3 is 0 Å². The number of nitro groups is 1. The van der Waals surface area contributed by atoms with Crippen molar-refractivity contribution in [1.29, 1.82) is 0 Å². The highest BCUT2D eigenvalue weighted by atomic mass is 16.6. The molecule has 1 amide bonds. The highest BCUT2D eigenvalue weighted by Crippen LogP contribution is 2.22. The molecule has 1 fully saturated rings. The van der Waals surface area contributed by atoms with Gasteiger partial charge in [-0.1, -0.05) is 12.1 Å². The summed E-state index contributed by atoms with van der Waals surface area (Å²) in [5.41, 5.74) is 0.978. The molecule has 0 unspecified atom stereocenters. The first-order valence-electron chi connectivity index (χ1n) is 7.13. The molecule has 114 valence electrons. The molecule has 0 aliphatic carbocycles. The molecule has 2 rings (SSSR count). The van der Waals surface area contributed by atoms with E-state index in [2.05, 4.69) is 12.2 Å². The number of hydrogen-bond donors (Lipinski definition) is 1. The monoisotopic (exact) mass is 291 g/mol. The van der Waals surface area contributed by atoms with Crippen LogP contribution in [0.15, 0.2) is 24.3 Å². The van der Waals surface area contributed by atoms with Gasteiger partial charge in [0.1, 0.15) is 0 Å². The van der Waals surface area contributed by atoms with Crippen LogP contribution in [0.2, 0.25) is 0 Å². The van der Waals surface area contributed by atoms with Crippen LogP contribution in [-0.2, 0) is 11.2 Å². The average molecular weight is 291 g/mol. The first-order valence-corrected chi connectivity index (χ1v) is 7.13. The van der Waals surface area contributed by atoms with Crippen molar-refractivity contribution < 1.29 is 9.72 Å². The van der Waals surface area contributed by atoms with Gasteiger partial charge in [0.25, 0.3) is 5.69 Å². The van der Waals surface area contributed by atoms with Gasteiger partial charge in [0.2, 0.25) is 5.91 Å². The van der Waals surface area contributed by atoms with Gasteiger partial charge in [-0.15, -0.1) is 0 Å². The fourth-order valence-corrected chi connectivity index (χ4v) is 2.52. The topological polar surface area (TPSA) is 75.5 Å². The van der Waals surface area contributed by atoms with Gasteiger partial charge in [0.15, 0.2) is 0 Å². The molecule has 1 aliphatic rings. The molecule has 1 saturated heterocycles. The zero-order chi connectivity index (χ0) is 15.5. The van der Waals surface area contributed by atoms with Crippen LogP contribution in [0.4, 0.5) is 5.69 Å². The Kier molecular flexibility index (Phi) is 4.57. The number of nitro benzene ring substituents is 1. The van der Waals surface area contributed by atoms with Crippen LogP contribution < -0.4 is 5.32 Å². The van der Waals surface area contributed by atoms with E-state index in [0.29, 0.717) is 6.42 Å². The lowest BCUT2D eigenvalue weighted by Crippen LogP contribution is -2.51. The fourth-order valence-electron chi connectivity index (χ4n) is 2.52. The zero-order valence-corrected chi connectivity index (χ0v) is 12.5. The van der Waals surface area contributed by atoms with Gasteiger partial charge in [-0.3, -0.25) is 14.9 Å². The molecule has 21 heavy (non-hydrogen) atoms. The summed E-state index contributed by atoms with van der Waals surface area (Å²) >= 11 is 0. The predicted molar refractivity (Wildman–Crippen MR) is 80.1 cm³/mol. The van der Waals surface area contributed by atoms with Crippen LogP contribution >= 0.6 is 0 Å². The molecule has 6 heteroatoms. The van der Waals surface area contributed by atoms with Gasteiger partial charge < -0.3 is 10.2 Å². The van der Waals surface area contributed by atoms with Gasteiger partial charge in [-0.2, -0.15) is 0 Å². The minimum absolute atomic E-state index is 0.0500. The fraction of sp³-hybridized carbons (Fsp3) is 0.533. The lowest BCUT2D eigenvalue weighted by atomic mass is 9.89. The predicted octanol–water partition coefficient (Wildman–Crippen LogP) is 1.74. The van der Waals surface area contributed by atoms with Crippen molar-refractivity contribution in [2.45, 2.75) is 31.7 Å². The molecule has 1 aromatic rings. The van der Waals surface area contributed by atoms with Crippen LogP contribution in [0.5, 0.6) is 0 Å². The largest absolute Gasteiger partial charge is 0.342 e. The Morgan fingerprint density at radius 2 is 1.90 bits per heavy atom. The second-order valence-electron chi connectivity index (χ2n) is 5.79. The second kappa shape index (κ2) is 6.22. The zero-order valence-electron chi connectivity index (χ0n) is 12.5. The molecule has 0 radical (unpaired) electrons. The number of amides is 1. The van der Waals surface area contributed by atoms with E-state index >= 15 is 0 Å². The number of nitrogens with zero attached hydrogens (tertiary/aromatic N) is 2. The highest BCUT2D eigenvalue weighted by molar-refractivity contribution is 5.79. The van der Waals surface area contributed by atoms with E-state index in [-0.39, 0.29) is 17.1 Å². The van der Waals surface area contributed by atoms with Crippen molar-refractivity contribution >= 4 is 11.6 Å². The minimum atomic E-state index is -0.436. The SMILES string of the molecule is CNC1(C)CCN(C(=O)Cc2ccc([N+](=O)[O-])cc2)CC1. The molecule has 0 atom stereocenters. The van der Waals surface area contributed by atoms with Crippen molar-refractivity contribution in [2.75, 3.05) is 20.1 Å². The van der Waals surface area contributed by atoms with E-state index in [1.807, 2.05) is 11.9 Å². The molecule has 1 aliphatic heterocycles. The number of nitrogens with one attached hydrogen (secondary N) is 1. The Hall–Kier alpha value is -1.95. The quantitative estimate of drug-likeness (QED) is 0.677. The smallest absolute Gasteiger partial charge is 0.269 e. The van der Waals surface area contributed by atoms with Crippen LogP contribution in [0, 0.1) is 10.1 Å². The van der Waals surface area contributed by atoms with E-state index in [1.165, 1.54) is 12.1 Å². The Balaban J connectivity index is 1.92. The molecule has 0 spiro atoms. The van der Waals surface area contributed by atoms with Crippen molar-refractivity contribution in [1.82, 2.24) is 10.2 Å². The first-order chi connectivity index (χ1) is 9.93. The van der Waals surface area contributed by atoms with Crippen molar-refractivity contribution in [3.63, 3.8) is 0 Å². The lowest BCUT2D eigenvalue weighted by Gasteiger charge is -2.39. The van der Waals surface area contributed by atoms with Crippen LogP contribution in [0.1, 0.15) is 25.3 Å². The van der Waals surface area contributed by atoms with E-state index in [9.17, 15) is 14.9 Å². The molecule has 6 nitrogen and oxygen atoms in total. The molecule has 1 aromatic carbocycles. The maximum atomic E-state index is 12.3.